The fraction of sp³-hybridized carbons (Fsp3) is 0.588. The van der Waals surface area contributed by atoms with Crippen LogP contribution in [-0.4, -0.2) is 31.7 Å². The number of amides is 1. The van der Waals surface area contributed by atoms with Crippen molar-refractivity contribution in [2.24, 2.45) is 0 Å². The van der Waals surface area contributed by atoms with Crippen molar-refractivity contribution in [1.29, 1.82) is 0 Å². The van der Waals surface area contributed by atoms with Crippen molar-refractivity contribution >= 4 is 11.6 Å². The molecule has 1 aliphatic heterocycles. The van der Waals surface area contributed by atoms with Crippen molar-refractivity contribution in [1.82, 2.24) is 5.32 Å². The Labute approximate surface area is 127 Å². The highest BCUT2D eigenvalue weighted by atomic mass is 16.5. The molecule has 0 spiro atoms. The van der Waals surface area contributed by atoms with Gasteiger partial charge in [0.1, 0.15) is 0 Å². The van der Waals surface area contributed by atoms with Gasteiger partial charge in [0.15, 0.2) is 0 Å². The summed E-state index contributed by atoms with van der Waals surface area (Å²) in [6.45, 7) is 6.43. The molecule has 1 unspecified atom stereocenters. The number of carbonyl (C=O) groups is 1. The zero-order valence-electron chi connectivity index (χ0n) is 13.1. The average Bonchev–Trinajstić information content (AvgIpc) is 2.51. The summed E-state index contributed by atoms with van der Waals surface area (Å²) < 4.78 is 5.65. The van der Waals surface area contributed by atoms with Crippen LogP contribution in [0.3, 0.4) is 0 Å². The highest BCUT2D eigenvalue weighted by molar-refractivity contribution is 5.99. The second-order valence-corrected chi connectivity index (χ2v) is 5.67. The maximum absolute atomic E-state index is 12.4. The van der Waals surface area contributed by atoms with Crippen LogP contribution in [0, 0.1) is 6.92 Å². The van der Waals surface area contributed by atoms with Crippen molar-refractivity contribution in [2.75, 3.05) is 25.0 Å². The number of aryl methyl sites for hydroxylation is 1. The molecule has 21 heavy (non-hydrogen) atoms. The molecule has 0 aliphatic carbocycles. The van der Waals surface area contributed by atoms with E-state index >= 15 is 0 Å². The third-order valence-corrected chi connectivity index (χ3v) is 3.75. The molecule has 4 heteroatoms. The summed E-state index contributed by atoms with van der Waals surface area (Å²) in [5, 5.41) is 6.33. The summed E-state index contributed by atoms with van der Waals surface area (Å²) in [7, 11) is 0. The zero-order valence-corrected chi connectivity index (χ0v) is 13.1. The molecule has 0 aromatic heterocycles. The predicted octanol–water partition coefficient (Wildman–Crippen LogP) is 3.12. The smallest absolute Gasteiger partial charge is 0.253 e. The Bertz CT molecular complexity index is 468. The SMILES string of the molecule is CCCNc1cc(C)ccc1C(=O)NCC1CCCCO1. The first kappa shape index (κ1) is 15.8. The minimum absolute atomic E-state index is 0.0252. The molecule has 1 aliphatic rings. The maximum atomic E-state index is 12.4. The Morgan fingerprint density at radius 2 is 2.24 bits per heavy atom. The highest BCUT2D eigenvalue weighted by Gasteiger charge is 2.16. The molecule has 2 rings (SSSR count). The van der Waals surface area contributed by atoms with Gasteiger partial charge in [0.2, 0.25) is 0 Å². The number of ether oxygens (including phenoxy) is 1. The monoisotopic (exact) mass is 290 g/mol. The Balaban J connectivity index is 1.96. The van der Waals surface area contributed by atoms with Crippen LogP contribution in [0.25, 0.3) is 0 Å². The van der Waals surface area contributed by atoms with E-state index in [-0.39, 0.29) is 12.0 Å². The van der Waals surface area contributed by atoms with Gasteiger partial charge in [0.25, 0.3) is 5.91 Å². The summed E-state index contributed by atoms with van der Waals surface area (Å²) in [5.41, 5.74) is 2.78. The maximum Gasteiger partial charge on any atom is 0.253 e. The number of nitrogens with one attached hydrogen (secondary N) is 2. The van der Waals surface area contributed by atoms with Gasteiger partial charge in [-0.05, 0) is 50.3 Å². The Morgan fingerprint density at radius 3 is 2.95 bits per heavy atom. The van der Waals surface area contributed by atoms with E-state index in [1.54, 1.807) is 0 Å². The lowest BCUT2D eigenvalue weighted by molar-refractivity contribution is 0.0169. The van der Waals surface area contributed by atoms with Gasteiger partial charge < -0.3 is 15.4 Å². The van der Waals surface area contributed by atoms with E-state index in [2.05, 4.69) is 17.6 Å². The van der Waals surface area contributed by atoms with Crippen molar-refractivity contribution in [3.63, 3.8) is 0 Å². The molecule has 1 atom stereocenters. The predicted molar refractivity (Wildman–Crippen MR) is 85.9 cm³/mol. The van der Waals surface area contributed by atoms with Crippen LogP contribution in [0.2, 0.25) is 0 Å². The topological polar surface area (TPSA) is 50.4 Å². The molecule has 1 amide bonds. The summed E-state index contributed by atoms with van der Waals surface area (Å²) >= 11 is 0. The molecule has 0 saturated carbocycles. The lowest BCUT2D eigenvalue weighted by Gasteiger charge is -2.23. The van der Waals surface area contributed by atoms with E-state index in [1.807, 2.05) is 25.1 Å². The minimum atomic E-state index is -0.0252. The molecular weight excluding hydrogens is 264 g/mol. The molecule has 1 fully saturated rings. The van der Waals surface area contributed by atoms with E-state index in [0.717, 1.165) is 43.7 Å². The van der Waals surface area contributed by atoms with Crippen molar-refractivity contribution in [3.8, 4) is 0 Å². The molecule has 1 saturated heterocycles. The van der Waals surface area contributed by atoms with Gasteiger partial charge in [0, 0.05) is 25.4 Å². The molecule has 116 valence electrons. The van der Waals surface area contributed by atoms with E-state index < -0.39 is 0 Å². The van der Waals surface area contributed by atoms with Gasteiger partial charge in [-0.3, -0.25) is 4.79 Å². The average molecular weight is 290 g/mol. The van der Waals surface area contributed by atoms with E-state index in [4.69, 9.17) is 4.74 Å². The normalized spacial score (nSPS) is 18.3. The summed E-state index contributed by atoms with van der Waals surface area (Å²) in [5.74, 6) is -0.0252. The number of benzene rings is 1. The van der Waals surface area contributed by atoms with E-state index in [0.29, 0.717) is 12.1 Å². The standard InChI is InChI=1S/C17H26N2O2/c1-3-9-18-16-11-13(2)7-8-15(16)17(20)19-12-14-6-4-5-10-21-14/h7-8,11,14,18H,3-6,9-10,12H2,1-2H3,(H,19,20). The first-order valence-corrected chi connectivity index (χ1v) is 7.95. The van der Waals surface area contributed by atoms with Gasteiger partial charge >= 0.3 is 0 Å². The molecule has 4 nitrogen and oxygen atoms in total. The Hall–Kier alpha value is -1.55. The number of rotatable bonds is 6. The first-order chi connectivity index (χ1) is 10.2. The van der Waals surface area contributed by atoms with Crippen LogP contribution in [0.15, 0.2) is 18.2 Å². The first-order valence-electron chi connectivity index (χ1n) is 7.95. The summed E-state index contributed by atoms with van der Waals surface area (Å²) in [6.07, 6.45) is 4.56. The highest BCUT2D eigenvalue weighted by Crippen LogP contribution is 2.18. The molecular formula is C17H26N2O2. The van der Waals surface area contributed by atoms with Crippen LogP contribution in [0.5, 0.6) is 0 Å². The van der Waals surface area contributed by atoms with Crippen LogP contribution >= 0.6 is 0 Å². The number of hydrogen-bond donors (Lipinski definition) is 2. The second-order valence-electron chi connectivity index (χ2n) is 5.67. The van der Waals surface area contributed by atoms with Gasteiger partial charge in [-0.2, -0.15) is 0 Å². The lowest BCUT2D eigenvalue weighted by Crippen LogP contribution is -2.35. The fourth-order valence-corrected chi connectivity index (χ4v) is 2.53. The summed E-state index contributed by atoms with van der Waals surface area (Å²) in [4.78, 5) is 12.4. The van der Waals surface area contributed by atoms with Gasteiger partial charge in [-0.25, -0.2) is 0 Å². The van der Waals surface area contributed by atoms with Crippen molar-refractivity contribution < 1.29 is 9.53 Å². The van der Waals surface area contributed by atoms with Gasteiger partial charge in [-0.15, -0.1) is 0 Å². The molecule has 1 aromatic rings. The Kier molecular flexibility index (Phi) is 6.05. The van der Waals surface area contributed by atoms with Crippen molar-refractivity contribution in [2.45, 2.75) is 45.6 Å². The van der Waals surface area contributed by atoms with E-state index in [9.17, 15) is 4.79 Å². The van der Waals surface area contributed by atoms with Crippen LogP contribution in [0.1, 0.15) is 48.5 Å². The number of anilines is 1. The van der Waals surface area contributed by atoms with Gasteiger partial charge in [0.05, 0.1) is 11.7 Å². The molecule has 1 aromatic carbocycles. The molecule has 1 heterocycles. The quantitative estimate of drug-likeness (QED) is 0.846. The summed E-state index contributed by atoms with van der Waals surface area (Å²) in [6, 6.07) is 5.90. The molecule has 2 N–H and O–H groups in total. The molecule has 0 radical (unpaired) electrons. The third-order valence-electron chi connectivity index (χ3n) is 3.75. The van der Waals surface area contributed by atoms with E-state index in [1.165, 1.54) is 6.42 Å². The number of hydrogen-bond acceptors (Lipinski definition) is 3. The minimum Gasteiger partial charge on any atom is -0.384 e. The van der Waals surface area contributed by atoms with Crippen LogP contribution in [-0.2, 0) is 4.74 Å². The third kappa shape index (κ3) is 4.74. The lowest BCUT2D eigenvalue weighted by atomic mass is 10.1. The fourth-order valence-electron chi connectivity index (χ4n) is 2.53. The van der Waals surface area contributed by atoms with Crippen LogP contribution in [0.4, 0.5) is 5.69 Å². The zero-order chi connectivity index (χ0) is 15.1. The Morgan fingerprint density at radius 1 is 1.38 bits per heavy atom. The largest absolute Gasteiger partial charge is 0.384 e. The van der Waals surface area contributed by atoms with Crippen LogP contribution < -0.4 is 10.6 Å². The molecule has 0 bridgehead atoms. The van der Waals surface area contributed by atoms with Crippen molar-refractivity contribution in [3.05, 3.63) is 29.3 Å². The number of carbonyl (C=O) groups excluding carboxylic acids is 1. The van der Waals surface area contributed by atoms with Gasteiger partial charge in [-0.1, -0.05) is 13.0 Å². The second kappa shape index (κ2) is 8.03.